The van der Waals surface area contributed by atoms with Crippen molar-refractivity contribution in [3.63, 3.8) is 0 Å². The number of hydrogen-bond donors (Lipinski definition) is 2. The highest BCUT2D eigenvalue weighted by Gasteiger charge is 2.12. The van der Waals surface area contributed by atoms with Crippen LogP contribution in [-0.4, -0.2) is 22.8 Å². The first kappa shape index (κ1) is 20.3. The van der Waals surface area contributed by atoms with Gasteiger partial charge >= 0.3 is 12.1 Å². The molecule has 0 fully saturated rings. The summed E-state index contributed by atoms with van der Waals surface area (Å²) in [5.74, 6) is -0.769. The SMILES string of the molecule is C=C/C=C(\C=C/C)CCC(=O)O.CC(C)(C)OC(N)=O. The van der Waals surface area contributed by atoms with Crippen LogP contribution in [0.4, 0.5) is 4.79 Å². The second-order valence-electron chi connectivity index (χ2n) is 4.90. The lowest BCUT2D eigenvalue weighted by atomic mass is 10.1. The van der Waals surface area contributed by atoms with Gasteiger partial charge in [0.15, 0.2) is 0 Å². The number of carbonyl (C=O) groups excluding carboxylic acids is 1. The minimum Gasteiger partial charge on any atom is -0.481 e. The minimum atomic E-state index is -0.769. The van der Waals surface area contributed by atoms with E-state index in [1.165, 1.54) is 0 Å². The number of primary amides is 1. The van der Waals surface area contributed by atoms with E-state index in [1.54, 1.807) is 26.8 Å². The summed E-state index contributed by atoms with van der Waals surface area (Å²) in [5.41, 5.74) is 5.26. The highest BCUT2D eigenvalue weighted by atomic mass is 16.6. The molecular formula is C15H25NO4. The van der Waals surface area contributed by atoms with E-state index in [0.29, 0.717) is 6.42 Å². The Morgan fingerprint density at radius 3 is 2.10 bits per heavy atom. The van der Waals surface area contributed by atoms with Crippen molar-refractivity contribution in [3.05, 3.63) is 36.5 Å². The molecule has 0 bridgehead atoms. The van der Waals surface area contributed by atoms with Crippen LogP contribution in [0.25, 0.3) is 0 Å². The Hall–Kier alpha value is -2.04. The fourth-order valence-corrected chi connectivity index (χ4v) is 1.14. The zero-order valence-corrected chi connectivity index (χ0v) is 12.7. The van der Waals surface area contributed by atoms with Crippen LogP contribution >= 0.6 is 0 Å². The van der Waals surface area contributed by atoms with E-state index < -0.39 is 17.7 Å². The van der Waals surface area contributed by atoms with Crippen LogP contribution < -0.4 is 5.73 Å². The maximum absolute atomic E-state index is 10.2. The first-order valence-electron chi connectivity index (χ1n) is 6.27. The van der Waals surface area contributed by atoms with Crippen molar-refractivity contribution < 1.29 is 19.4 Å². The van der Waals surface area contributed by atoms with Gasteiger partial charge in [-0.1, -0.05) is 30.9 Å². The number of allylic oxidation sites excluding steroid dienone is 5. The van der Waals surface area contributed by atoms with Crippen LogP contribution in [0.2, 0.25) is 0 Å². The number of carbonyl (C=O) groups is 2. The van der Waals surface area contributed by atoms with Gasteiger partial charge in [-0.25, -0.2) is 4.79 Å². The third-order valence-corrected chi connectivity index (χ3v) is 1.75. The third kappa shape index (κ3) is 18.3. The Kier molecular flexibility index (Phi) is 11.0. The van der Waals surface area contributed by atoms with Crippen molar-refractivity contribution in [3.8, 4) is 0 Å². The van der Waals surface area contributed by atoms with E-state index in [-0.39, 0.29) is 6.42 Å². The monoisotopic (exact) mass is 283 g/mol. The predicted molar refractivity (Wildman–Crippen MR) is 80.4 cm³/mol. The minimum absolute atomic E-state index is 0.171. The number of amides is 1. The van der Waals surface area contributed by atoms with Crippen molar-refractivity contribution in [1.29, 1.82) is 0 Å². The highest BCUT2D eigenvalue weighted by Crippen LogP contribution is 2.07. The molecule has 0 aromatic rings. The van der Waals surface area contributed by atoms with Crippen LogP contribution in [0.15, 0.2) is 36.5 Å². The molecule has 114 valence electrons. The van der Waals surface area contributed by atoms with Crippen LogP contribution in [0.1, 0.15) is 40.5 Å². The van der Waals surface area contributed by atoms with Crippen molar-refractivity contribution >= 4 is 12.1 Å². The lowest BCUT2D eigenvalue weighted by molar-refractivity contribution is -0.136. The molecule has 0 aliphatic rings. The van der Waals surface area contributed by atoms with Crippen LogP contribution in [0.5, 0.6) is 0 Å². The number of rotatable bonds is 5. The molecule has 3 N–H and O–H groups in total. The zero-order chi connectivity index (χ0) is 16.2. The van der Waals surface area contributed by atoms with Crippen LogP contribution in [0.3, 0.4) is 0 Å². The molecule has 0 spiro atoms. The Morgan fingerprint density at radius 2 is 1.85 bits per heavy atom. The average Bonchev–Trinajstić information content (AvgIpc) is 2.23. The molecule has 0 saturated heterocycles. The largest absolute Gasteiger partial charge is 0.481 e. The average molecular weight is 283 g/mol. The molecule has 0 saturated carbocycles. The summed E-state index contributed by atoms with van der Waals surface area (Å²) < 4.78 is 4.58. The topological polar surface area (TPSA) is 89.6 Å². The molecule has 0 aliphatic carbocycles. The molecular weight excluding hydrogens is 258 g/mol. The van der Waals surface area contributed by atoms with E-state index in [2.05, 4.69) is 11.3 Å². The van der Waals surface area contributed by atoms with Gasteiger partial charge in [0.1, 0.15) is 5.60 Å². The number of carboxylic acid groups (broad SMARTS) is 1. The quantitative estimate of drug-likeness (QED) is 0.756. The van der Waals surface area contributed by atoms with Gasteiger partial charge in [0.2, 0.25) is 0 Å². The smallest absolute Gasteiger partial charge is 0.405 e. The standard InChI is InChI=1S/C10H14O2.C5H11NO2/c1-3-5-9(6-4-2)7-8-10(11)12;1-5(2,3)8-4(6)7/h3-6H,1,7-8H2,2H3,(H,11,12);1-3H3,(H2,6,7)/b6-4-,9-5+;. The van der Waals surface area contributed by atoms with E-state index in [4.69, 9.17) is 10.8 Å². The van der Waals surface area contributed by atoms with E-state index in [1.807, 2.05) is 25.2 Å². The van der Waals surface area contributed by atoms with Gasteiger partial charge in [-0.2, -0.15) is 0 Å². The van der Waals surface area contributed by atoms with Gasteiger partial charge in [-0.3, -0.25) is 4.79 Å². The number of hydrogen-bond acceptors (Lipinski definition) is 3. The van der Waals surface area contributed by atoms with Crippen LogP contribution in [0, 0.1) is 0 Å². The van der Waals surface area contributed by atoms with Crippen molar-refractivity contribution in [2.45, 2.75) is 46.1 Å². The molecule has 0 aromatic carbocycles. The molecule has 1 amide bonds. The Labute approximate surface area is 120 Å². The summed E-state index contributed by atoms with van der Waals surface area (Å²) in [6, 6.07) is 0. The highest BCUT2D eigenvalue weighted by molar-refractivity contribution is 5.67. The fraction of sp³-hybridized carbons (Fsp3) is 0.467. The molecule has 0 rings (SSSR count). The number of aliphatic carboxylic acids is 1. The number of ether oxygens (including phenoxy) is 1. The number of nitrogens with two attached hydrogens (primary N) is 1. The van der Waals surface area contributed by atoms with Gasteiger partial charge in [0.25, 0.3) is 0 Å². The van der Waals surface area contributed by atoms with E-state index >= 15 is 0 Å². The second kappa shape index (κ2) is 10.8. The summed E-state index contributed by atoms with van der Waals surface area (Å²) in [5, 5.41) is 8.42. The lowest BCUT2D eigenvalue weighted by Crippen LogP contribution is -2.27. The molecule has 5 heteroatoms. The summed E-state index contributed by atoms with van der Waals surface area (Å²) >= 11 is 0. The molecule has 0 aliphatic heterocycles. The van der Waals surface area contributed by atoms with E-state index in [0.717, 1.165) is 5.57 Å². The maximum Gasteiger partial charge on any atom is 0.405 e. The molecule has 0 atom stereocenters. The number of carboxylic acids is 1. The molecule has 20 heavy (non-hydrogen) atoms. The zero-order valence-electron chi connectivity index (χ0n) is 12.7. The summed E-state index contributed by atoms with van der Waals surface area (Å²) in [4.78, 5) is 20.3. The second-order valence-corrected chi connectivity index (χ2v) is 4.90. The van der Waals surface area contributed by atoms with Gasteiger partial charge in [0, 0.05) is 6.42 Å². The molecule has 0 heterocycles. The van der Waals surface area contributed by atoms with E-state index in [9.17, 15) is 9.59 Å². The maximum atomic E-state index is 10.2. The van der Waals surface area contributed by atoms with Crippen molar-refractivity contribution in [2.75, 3.05) is 0 Å². The van der Waals surface area contributed by atoms with Crippen molar-refractivity contribution in [1.82, 2.24) is 0 Å². The van der Waals surface area contributed by atoms with Gasteiger partial charge in [0.05, 0.1) is 0 Å². The molecule has 0 radical (unpaired) electrons. The fourth-order valence-electron chi connectivity index (χ4n) is 1.14. The first-order valence-corrected chi connectivity index (χ1v) is 6.27. The summed E-state index contributed by atoms with van der Waals surface area (Å²) in [6.07, 6.45) is 7.27. The van der Waals surface area contributed by atoms with Crippen molar-refractivity contribution in [2.24, 2.45) is 5.73 Å². The predicted octanol–water partition coefficient (Wildman–Crippen LogP) is 3.42. The first-order chi connectivity index (χ1) is 9.12. The Bertz CT molecular complexity index is 376. The molecule has 0 unspecified atom stereocenters. The normalized spacial score (nSPS) is 11.5. The van der Waals surface area contributed by atoms with Crippen LogP contribution in [-0.2, 0) is 9.53 Å². The Morgan fingerprint density at radius 1 is 1.30 bits per heavy atom. The summed E-state index contributed by atoms with van der Waals surface area (Å²) in [6.45, 7) is 10.7. The lowest BCUT2D eigenvalue weighted by Gasteiger charge is -2.16. The summed E-state index contributed by atoms with van der Waals surface area (Å²) in [7, 11) is 0. The third-order valence-electron chi connectivity index (χ3n) is 1.75. The van der Waals surface area contributed by atoms with Gasteiger partial charge in [-0.15, -0.1) is 0 Å². The molecule has 0 aromatic heterocycles. The molecule has 5 nitrogen and oxygen atoms in total. The Balaban J connectivity index is 0. The van der Waals surface area contributed by atoms with Gasteiger partial charge < -0.3 is 15.6 Å². The van der Waals surface area contributed by atoms with Gasteiger partial charge in [-0.05, 0) is 39.7 Å².